The molecule has 18 heavy (non-hydrogen) atoms. The molecule has 0 heterocycles. The molecule has 0 spiro atoms. The van der Waals surface area contributed by atoms with Gasteiger partial charge in [0, 0.05) is 4.47 Å². The van der Waals surface area contributed by atoms with Crippen molar-refractivity contribution < 1.29 is 24.1 Å². The van der Waals surface area contributed by atoms with Crippen LogP contribution in [0.5, 0.6) is 5.75 Å². The van der Waals surface area contributed by atoms with Crippen LogP contribution in [0, 0.1) is 5.82 Å². The van der Waals surface area contributed by atoms with Gasteiger partial charge < -0.3 is 20.3 Å². The maximum Gasteiger partial charge on any atom is 0.258 e. The third-order valence-corrected chi connectivity index (χ3v) is 2.55. The molecule has 0 aliphatic heterocycles. The summed E-state index contributed by atoms with van der Waals surface area (Å²) in [5.41, 5.74) is 0. The van der Waals surface area contributed by atoms with Gasteiger partial charge in [0.2, 0.25) is 0 Å². The number of carbonyl (C=O) groups excluding carboxylic acids is 1. The summed E-state index contributed by atoms with van der Waals surface area (Å²) in [5, 5.41) is 19.8. The van der Waals surface area contributed by atoms with Crippen LogP contribution in [0.4, 0.5) is 4.39 Å². The van der Waals surface area contributed by atoms with E-state index in [1.807, 2.05) is 0 Å². The number of halogens is 2. The second-order valence-electron chi connectivity index (χ2n) is 3.49. The first-order valence-electron chi connectivity index (χ1n) is 5.15. The van der Waals surface area contributed by atoms with Gasteiger partial charge in [0.1, 0.15) is 0 Å². The first kappa shape index (κ1) is 14.9. The Hall–Kier alpha value is -1.18. The standard InChI is InChI=1S/C11H13BrFNO4/c12-7-1-2-10(9(13)3-7)18-6-11(17)14-8(4-15)5-16/h1-3,8,15-16H,4-6H2,(H,14,17). The summed E-state index contributed by atoms with van der Waals surface area (Å²) < 4.78 is 18.9. The van der Waals surface area contributed by atoms with Crippen molar-refractivity contribution in [3.63, 3.8) is 0 Å². The van der Waals surface area contributed by atoms with E-state index in [2.05, 4.69) is 21.2 Å². The van der Waals surface area contributed by atoms with Crippen molar-refractivity contribution in [3.05, 3.63) is 28.5 Å². The van der Waals surface area contributed by atoms with Crippen LogP contribution < -0.4 is 10.1 Å². The first-order valence-corrected chi connectivity index (χ1v) is 5.95. The number of hydrogen-bond donors (Lipinski definition) is 3. The fraction of sp³-hybridized carbons (Fsp3) is 0.364. The van der Waals surface area contributed by atoms with Crippen LogP contribution in [0.3, 0.4) is 0 Å². The summed E-state index contributed by atoms with van der Waals surface area (Å²) in [6, 6.07) is 3.45. The van der Waals surface area contributed by atoms with Crippen molar-refractivity contribution in [2.24, 2.45) is 0 Å². The molecule has 0 saturated heterocycles. The summed E-state index contributed by atoms with van der Waals surface area (Å²) in [7, 11) is 0. The maximum absolute atomic E-state index is 13.3. The van der Waals surface area contributed by atoms with E-state index in [-0.39, 0.29) is 19.0 Å². The molecule has 0 saturated carbocycles. The number of amides is 1. The van der Waals surface area contributed by atoms with Crippen molar-refractivity contribution in [1.82, 2.24) is 5.32 Å². The number of aliphatic hydroxyl groups excluding tert-OH is 2. The summed E-state index contributed by atoms with van der Waals surface area (Å²) >= 11 is 3.10. The molecule has 1 rings (SSSR count). The van der Waals surface area contributed by atoms with Crippen molar-refractivity contribution in [1.29, 1.82) is 0 Å². The van der Waals surface area contributed by atoms with E-state index in [0.29, 0.717) is 4.47 Å². The second kappa shape index (κ2) is 7.30. The first-order chi connectivity index (χ1) is 8.56. The minimum absolute atomic E-state index is 0.0436. The van der Waals surface area contributed by atoms with Gasteiger partial charge in [0.05, 0.1) is 19.3 Å². The van der Waals surface area contributed by atoms with E-state index < -0.39 is 24.4 Å². The summed E-state index contributed by atoms with van der Waals surface area (Å²) in [6.07, 6.45) is 0. The van der Waals surface area contributed by atoms with E-state index in [1.165, 1.54) is 12.1 Å². The molecule has 100 valence electrons. The van der Waals surface area contributed by atoms with Crippen LogP contribution in [0.25, 0.3) is 0 Å². The van der Waals surface area contributed by atoms with E-state index in [9.17, 15) is 9.18 Å². The Balaban J connectivity index is 2.47. The largest absolute Gasteiger partial charge is 0.481 e. The molecule has 3 N–H and O–H groups in total. The lowest BCUT2D eigenvalue weighted by molar-refractivity contribution is -0.124. The Kier molecular flexibility index (Phi) is 6.03. The lowest BCUT2D eigenvalue weighted by Crippen LogP contribution is -2.42. The average Bonchev–Trinajstić information content (AvgIpc) is 2.35. The second-order valence-corrected chi connectivity index (χ2v) is 4.41. The van der Waals surface area contributed by atoms with Crippen LogP contribution in [-0.2, 0) is 4.79 Å². The molecule has 0 fully saturated rings. The van der Waals surface area contributed by atoms with Gasteiger partial charge in [-0.3, -0.25) is 4.79 Å². The lowest BCUT2D eigenvalue weighted by Gasteiger charge is -2.13. The highest BCUT2D eigenvalue weighted by atomic mass is 79.9. The van der Waals surface area contributed by atoms with E-state index in [1.54, 1.807) is 6.07 Å². The molecule has 1 amide bonds. The monoisotopic (exact) mass is 321 g/mol. The number of aliphatic hydroxyl groups is 2. The van der Waals surface area contributed by atoms with Gasteiger partial charge in [-0.15, -0.1) is 0 Å². The molecular formula is C11H13BrFNO4. The molecule has 0 atom stereocenters. The third kappa shape index (κ3) is 4.59. The van der Waals surface area contributed by atoms with Crippen LogP contribution in [0.1, 0.15) is 0 Å². The molecule has 0 aliphatic carbocycles. The lowest BCUT2D eigenvalue weighted by atomic mass is 10.3. The molecule has 1 aromatic rings. The topological polar surface area (TPSA) is 78.8 Å². The van der Waals surface area contributed by atoms with Gasteiger partial charge >= 0.3 is 0 Å². The molecule has 0 aromatic heterocycles. The minimum Gasteiger partial charge on any atom is -0.481 e. The highest BCUT2D eigenvalue weighted by Crippen LogP contribution is 2.21. The van der Waals surface area contributed by atoms with Gasteiger partial charge in [-0.25, -0.2) is 4.39 Å². The summed E-state index contributed by atoms with van der Waals surface area (Å²) in [4.78, 5) is 11.3. The van der Waals surface area contributed by atoms with Gasteiger partial charge in [0.25, 0.3) is 5.91 Å². The highest BCUT2D eigenvalue weighted by molar-refractivity contribution is 9.10. The Morgan fingerprint density at radius 1 is 1.44 bits per heavy atom. The third-order valence-electron chi connectivity index (χ3n) is 2.06. The van der Waals surface area contributed by atoms with Crippen LogP contribution >= 0.6 is 15.9 Å². The van der Waals surface area contributed by atoms with Crippen LogP contribution in [0.2, 0.25) is 0 Å². The van der Waals surface area contributed by atoms with Crippen molar-refractivity contribution >= 4 is 21.8 Å². The van der Waals surface area contributed by atoms with Crippen LogP contribution in [-0.4, -0.2) is 42.0 Å². The number of nitrogens with one attached hydrogen (secondary N) is 1. The molecule has 0 bridgehead atoms. The molecule has 1 aromatic carbocycles. The van der Waals surface area contributed by atoms with Gasteiger partial charge in [-0.2, -0.15) is 0 Å². The van der Waals surface area contributed by atoms with Crippen molar-refractivity contribution in [2.45, 2.75) is 6.04 Å². The number of benzene rings is 1. The van der Waals surface area contributed by atoms with E-state index in [0.717, 1.165) is 0 Å². The quantitative estimate of drug-likeness (QED) is 0.710. The molecular weight excluding hydrogens is 309 g/mol. The Morgan fingerprint density at radius 3 is 2.67 bits per heavy atom. The number of ether oxygens (including phenoxy) is 1. The highest BCUT2D eigenvalue weighted by Gasteiger charge is 2.11. The summed E-state index contributed by atoms with van der Waals surface area (Å²) in [6.45, 7) is -1.15. The fourth-order valence-electron chi connectivity index (χ4n) is 1.15. The molecule has 5 nitrogen and oxygen atoms in total. The zero-order chi connectivity index (χ0) is 13.5. The minimum atomic E-state index is -0.740. The normalized spacial score (nSPS) is 10.5. The Bertz CT molecular complexity index is 412. The predicted octanol–water partition coefficient (Wildman–Crippen LogP) is 0.436. The van der Waals surface area contributed by atoms with Crippen LogP contribution in [0.15, 0.2) is 22.7 Å². The summed E-state index contributed by atoms with van der Waals surface area (Å²) in [5.74, 6) is -1.18. The average molecular weight is 322 g/mol. The van der Waals surface area contributed by atoms with Gasteiger partial charge in [-0.1, -0.05) is 15.9 Å². The fourth-order valence-corrected chi connectivity index (χ4v) is 1.49. The zero-order valence-corrected chi connectivity index (χ0v) is 11.0. The molecule has 0 aliphatic rings. The SMILES string of the molecule is O=C(COc1ccc(Br)cc1F)NC(CO)CO. The molecule has 0 unspecified atom stereocenters. The maximum atomic E-state index is 13.3. The zero-order valence-electron chi connectivity index (χ0n) is 9.40. The molecule has 0 radical (unpaired) electrons. The van der Waals surface area contributed by atoms with Gasteiger partial charge in [0.15, 0.2) is 18.2 Å². The Morgan fingerprint density at radius 2 is 2.11 bits per heavy atom. The Labute approximate surface area is 112 Å². The van der Waals surface area contributed by atoms with Gasteiger partial charge in [-0.05, 0) is 18.2 Å². The number of hydrogen-bond acceptors (Lipinski definition) is 4. The molecule has 7 heteroatoms. The van der Waals surface area contributed by atoms with Crippen molar-refractivity contribution in [2.75, 3.05) is 19.8 Å². The predicted molar refractivity (Wildman–Crippen MR) is 65.7 cm³/mol. The van der Waals surface area contributed by atoms with Crippen molar-refractivity contribution in [3.8, 4) is 5.75 Å². The van der Waals surface area contributed by atoms with E-state index >= 15 is 0 Å². The number of rotatable bonds is 6. The number of carbonyl (C=O) groups is 1. The smallest absolute Gasteiger partial charge is 0.258 e. The van der Waals surface area contributed by atoms with E-state index in [4.69, 9.17) is 14.9 Å².